The summed E-state index contributed by atoms with van der Waals surface area (Å²) < 4.78 is 0. The summed E-state index contributed by atoms with van der Waals surface area (Å²) in [4.78, 5) is 0. The molecule has 0 amide bonds. The van der Waals surface area contributed by atoms with Crippen LogP contribution >= 0.6 is 0 Å². The van der Waals surface area contributed by atoms with Crippen LogP contribution in [0.4, 0.5) is 11.4 Å². The molecule has 0 aliphatic heterocycles. The van der Waals surface area contributed by atoms with Gasteiger partial charge in [-0.1, -0.05) is 46.2 Å². The Balaban J connectivity index is 2.94. The molecular weight excluding hydrogens is 208 g/mol. The predicted octanol–water partition coefficient (Wildman–Crippen LogP) is 3.64. The Morgan fingerprint density at radius 1 is 0.941 bits per heavy atom. The summed E-state index contributed by atoms with van der Waals surface area (Å²) in [6, 6.07) is 4.29. The Morgan fingerprint density at radius 2 is 1.41 bits per heavy atom. The minimum atomic E-state index is 0.608. The zero-order valence-electron chi connectivity index (χ0n) is 11.6. The quantitative estimate of drug-likeness (QED) is 0.764. The molecule has 17 heavy (non-hydrogen) atoms. The molecule has 0 aliphatic rings. The fourth-order valence-corrected chi connectivity index (χ4v) is 2.04. The van der Waals surface area contributed by atoms with E-state index in [4.69, 9.17) is 11.5 Å². The first-order valence-corrected chi connectivity index (χ1v) is 6.61. The molecule has 1 unspecified atom stereocenters. The second-order valence-corrected chi connectivity index (χ2v) is 5.53. The van der Waals surface area contributed by atoms with Crippen LogP contribution in [0, 0.1) is 11.8 Å². The summed E-state index contributed by atoms with van der Waals surface area (Å²) >= 11 is 0. The molecule has 1 aromatic carbocycles. The van der Waals surface area contributed by atoms with Gasteiger partial charge in [-0.05, 0) is 35.8 Å². The highest BCUT2D eigenvalue weighted by atomic mass is 14.7. The van der Waals surface area contributed by atoms with Crippen molar-refractivity contribution >= 4 is 11.4 Å². The molecule has 2 nitrogen and oxygen atoms in total. The van der Waals surface area contributed by atoms with Crippen LogP contribution in [0.25, 0.3) is 0 Å². The van der Waals surface area contributed by atoms with Gasteiger partial charge in [-0.3, -0.25) is 0 Å². The van der Waals surface area contributed by atoms with Gasteiger partial charge in [0.15, 0.2) is 0 Å². The summed E-state index contributed by atoms with van der Waals surface area (Å²) in [5.41, 5.74) is 16.2. The molecule has 0 spiro atoms. The highest BCUT2D eigenvalue weighted by Gasteiger charge is 2.11. The maximum absolute atomic E-state index is 6.14. The monoisotopic (exact) mass is 234 g/mol. The molecule has 0 heterocycles. The zero-order valence-corrected chi connectivity index (χ0v) is 11.6. The average molecular weight is 234 g/mol. The van der Waals surface area contributed by atoms with Gasteiger partial charge in [-0.2, -0.15) is 0 Å². The summed E-state index contributed by atoms with van der Waals surface area (Å²) in [6.07, 6.45) is 3.20. The summed E-state index contributed by atoms with van der Waals surface area (Å²) in [7, 11) is 0. The van der Waals surface area contributed by atoms with Gasteiger partial charge in [0, 0.05) is 0 Å². The first-order chi connectivity index (χ1) is 7.95. The SMILES string of the molecule is CCC(C)Cc1ccc(CC(C)C)c(N)c1N. The van der Waals surface area contributed by atoms with Gasteiger partial charge in [0.25, 0.3) is 0 Å². The lowest BCUT2D eigenvalue weighted by Crippen LogP contribution is -2.08. The summed E-state index contributed by atoms with van der Waals surface area (Å²) in [5.74, 6) is 1.27. The van der Waals surface area contributed by atoms with Crippen LogP contribution < -0.4 is 11.5 Å². The van der Waals surface area contributed by atoms with Crippen molar-refractivity contribution in [2.75, 3.05) is 11.5 Å². The number of benzene rings is 1. The molecule has 0 aliphatic carbocycles. The number of anilines is 2. The maximum Gasteiger partial charge on any atom is 0.0583 e. The number of nitrogen functional groups attached to an aromatic ring is 2. The minimum absolute atomic E-state index is 0.608. The van der Waals surface area contributed by atoms with E-state index in [1.807, 2.05) is 0 Å². The van der Waals surface area contributed by atoms with E-state index in [-0.39, 0.29) is 0 Å². The van der Waals surface area contributed by atoms with Crippen LogP contribution in [-0.4, -0.2) is 0 Å². The fourth-order valence-electron chi connectivity index (χ4n) is 2.04. The predicted molar refractivity (Wildman–Crippen MR) is 77.0 cm³/mol. The van der Waals surface area contributed by atoms with Gasteiger partial charge in [0.05, 0.1) is 11.4 Å². The van der Waals surface area contributed by atoms with Crippen molar-refractivity contribution in [1.82, 2.24) is 0 Å². The van der Waals surface area contributed by atoms with Crippen LogP contribution in [0.3, 0.4) is 0 Å². The first kappa shape index (κ1) is 13.9. The molecule has 0 saturated heterocycles. The van der Waals surface area contributed by atoms with E-state index >= 15 is 0 Å². The molecule has 0 fully saturated rings. The Hall–Kier alpha value is -1.18. The minimum Gasteiger partial charge on any atom is -0.397 e. The first-order valence-electron chi connectivity index (χ1n) is 6.61. The highest BCUT2D eigenvalue weighted by molar-refractivity contribution is 5.71. The lowest BCUT2D eigenvalue weighted by Gasteiger charge is -2.16. The van der Waals surface area contributed by atoms with Crippen molar-refractivity contribution in [3.63, 3.8) is 0 Å². The number of rotatable bonds is 5. The Bertz CT molecular complexity index is 369. The molecule has 1 atom stereocenters. The molecular formula is C15H26N2. The van der Waals surface area contributed by atoms with E-state index < -0.39 is 0 Å². The van der Waals surface area contributed by atoms with E-state index in [9.17, 15) is 0 Å². The Morgan fingerprint density at radius 3 is 1.82 bits per heavy atom. The van der Waals surface area contributed by atoms with Gasteiger partial charge >= 0.3 is 0 Å². The van der Waals surface area contributed by atoms with Crippen molar-refractivity contribution in [2.45, 2.75) is 47.0 Å². The average Bonchev–Trinajstić information content (AvgIpc) is 2.28. The standard InChI is InChI=1S/C15H26N2/c1-5-11(4)9-13-7-6-12(8-10(2)3)14(16)15(13)17/h6-7,10-11H,5,8-9,16-17H2,1-4H3. The van der Waals surface area contributed by atoms with E-state index in [1.165, 1.54) is 17.5 Å². The van der Waals surface area contributed by atoms with Crippen molar-refractivity contribution in [3.8, 4) is 0 Å². The van der Waals surface area contributed by atoms with Crippen molar-refractivity contribution in [2.24, 2.45) is 11.8 Å². The summed E-state index contributed by atoms with van der Waals surface area (Å²) in [5, 5.41) is 0. The second kappa shape index (κ2) is 5.95. The molecule has 0 aromatic heterocycles. The second-order valence-electron chi connectivity index (χ2n) is 5.53. The van der Waals surface area contributed by atoms with E-state index in [2.05, 4.69) is 39.8 Å². The van der Waals surface area contributed by atoms with Gasteiger partial charge in [0.2, 0.25) is 0 Å². The zero-order chi connectivity index (χ0) is 13.0. The van der Waals surface area contributed by atoms with Crippen LogP contribution in [0.1, 0.15) is 45.2 Å². The molecule has 1 aromatic rings. The van der Waals surface area contributed by atoms with Gasteiger partial charge in [-0.15, -0.1) is 0 Å². The molecule has 2 heteroatoms. The molecule has 0 radical (unpaired) electrons. The largest absolute Gasteiger partial charge is 0.397 e. The van der Waals surface area contributed by atoms with Crippen LogP contribution in [0.15, 0.2) is 12.1 Å². The third-order valence-corrected chi connectivity index (χ3v) is 3.36. The number of nitrogens with two attached hydrogens (primary N) is 2. The van der Waals surface area contributed by atoms with E-state index in [1.54, 1.807) is 0 Å². The number of hydrogen-bond donors (Lipinski definition) is 2. The van der Waals surface area contributed by atoms with E-state index in [0.29, 0.717) is 11.8 Å². The molecule has 4 N–H and O–H groups in total. The molecule has 0 saturated carbocycles. The van der Waals surface area contributed by atoms with Crippen molar-refractivity contribution in [1.29, 1.82) is 0 Å². The Kier molecular flexibility index (Phi) is 4.86. The van der Waals surface area contributed by atoms with Crippen LogP contribution in [-0.2, 0) is 12.8 Å². The van der Waals surface area contributed by atoms with Crippen LogP contribution in [0.2, 0.25) is 0 Å². The van der Waals surface area contributed by atoms with Gasteiger partial charge < -0.3 is 11.5 Å². The normalized spacial score (nSPS) is 13.0. The van der Waals surface area contributed by atoms with Gasteiger partial charge in [-0.25, -0.2) is 0 Å². The summed E-state index contributed by atoms with van der Waals surface area (Å²) in [6.45, 7) is 8.85. The lowest BCUT2D eigenvalue weighted by molar-refractivity contribution is 0.561. The smallest absolute Gasteiger partial charge is 0.0583 e. The molecule has 96 valence electrons. The Labute approximate surface area is 105 Å². The van der Waals surface area contributed by atoms with Crippen molar-refractivity contribution in [3.05, 3.63) is 23.3 Å². The molecule has 1 rings (SSSR count). The van der Waals surface area contributed by atoms with Crippen LogP contribution in [0.5, 0.6) is 0 Å². The third kappa shape index (κ3) is 3.65. The maximum atomic E-state index is 6.14. The third-order valence-electron chi connectivity index (χ3n) is 3.36. The fraction of sp³-hybridized carbons (Fsp3) is 0.600. The molecule has 0 bridgehead atoms. The lowest BCUT2D eigenvalue weighted by atomic mass is 9.93. The highest BCUT2D eigenvalue weighted by Crippen LogP contribution is 2.28. The topological polar surface area (TPSA) is 52.0 Å². The number of hydrogen-bond acceptors (Lipinski definition) is 2. The van der Waals surface area contributed by atoms with Crippen molar-refractivity contribution < 1.29 is 0 Å². The van der Waals surface area contributed by atoms with Gasteiger partial charge in [0.1, 0.15) is 0 Å². The van der Waals surface area contributed by atoms with E-state index in [0.717, 1.165) is 24.2 Å².